The van der Waals surface area contributed by atoms with Crippen molar-refractivity contribution in [3.05, 3.63) is 0 Å². The molecule has 0 saturated heterocycles. The number of rotatable bonds is 8. The maximum atomic E-state index is 12.4. The third kappa shape index (κ3) is 4.33. The third-order valence-corrected chi connectivity index (χ3v) is 8.65. The van der Waals surface area contributed by atoms with Crippen LogP contribution in [0.3, 0.4) is 0 Å². The highest BCUT2D eigenvalue weighted by Crippen LogP contribution is 2.54. The maximum Gasteiger partial charge on any atom is 0.220 e. The van der Waals surface area contributed by atoms with E-state index < -0.39 is 0 Å². The summed E-state index contributed by atoms with van der Waals surface area (Å²) in [4.78, 5) is 48.1. The predicted molar refractivity (Wildman–Crippen MR) is 114 cm³/mol. The number of nitrogens with one attached hydrogen (secondary N) is 2. The molecule has 3 aliphatic rings. The van der Waals surface area contributed by atoms with E-state index in [2.05, 4.69) is 38.3 Å². The summed E-state index contributed by atoms with van der Waals surface area (Å²) in [5.74, 6) is 1.20. The minimum Gasteiger partial charge on any atom is -0.353 e. The fraction of sp³-hybridized carbons (Fsp3) is 0.833. The van der Waals surface area contributed by atoms with Crippen molar-refractivity contribution in [2.45, 2.75) is 92.2 Å². The van der Waals surface area contributed by atoms with E-state index in [0.29, 0.717) is 12.8 Å². The van der Waals surface area contributed by atoms with Gasteiger partial charge in [-0.05, 0) is 62.2 Å². The zero-order valence-corrected chi connectivity index (χ0v) is 19.3. The van der Waals surface area contributed by atoms with E-state index in [1.54, 1.807) is 13.8 Å². The normalized spacial score (nSPS) is 35.8. The second-order valence-electron chi connectivity index (χ2n) is 11.2. The SMILES string of the molecule is CC(=O)[C@@H]1C[C@H](CC(=O)NC2CC(NC(=O)C[C@H]3C[C@@H](C(C)=O)C3(C)C)C2)C1(C)C. The average Bonchev–Trinajstić information content (AvgIpc) is 2.58. The van der Waals surface area contributed by atoms with Gasteiger partial charge in [-0.1, -0.05) is 27.7 Å². The number of hydrogen-bond acceptors (Lipinski definition) is 4. The molecule has 3 saturated carbocycles. The molecule has 0 aromatic carbocycles. The van der Waals surface area contributed by atoms with E-state index in [9.17, 15) is 19.2 Å². The fourth-order valence-corrected chi connectivity index (χ4v) is 5.98. The first-order valence-corrected chi connectivity index (χ1v) is 11.4. The number of amides is 2. The minimum atomic E-state index is -0.101. The van der Waals surface area contributed by atoms with E-state index in [4.69, 9.17) is 0 Å². The number of carbonyl (C=O) groups excluding carboxylic acids is 4. The van der Waals surface area contributed by atoms with Gasteiger partial charge in [0.2, 0.25) is 11.8 Å². The van der Waals surface area contributed by atoms with Gasteiger partial charge in [-0.3, -0.25) is 19.2 Å². The predicted octanol–water partition coefficient (Wildman–Crippen LogP) is 3.03. The lowest BCUT2D eigenvalue weighted by molar-refractivity contribution is -0.142. The van der Waals surface area contributed by atoms with Gasteiger partial charge in [-0.2, -0.15) is 0 Å². The Morgan fingerprint density at radius 1 is 0.667 bits per heavy atom. The van der Waals surface area contributed by atoms with Gasteiger partial charge in [0.05, 0.1) is 0 Å². The number of carbonyl (C=O) groups is 4. The van der Waals surface area contributed by atoms with Crippen molar-refractivity contribution in [1.29, 1.82) is 0 Å². The van der Waals surface area contributed by atoms with Crippen LogP contribution in [0, 0.1) is 34.5 Å². The Balaban J connectivity index is 1.33. The van der Waals surface area contributed by atoms with Crippen LogP contribution in [0.2, 0.25) is 0 Å². The topological polar surface area (TPSA) is 92.3 Å². The third-order valence-electron chi connectivity index (χ3n) is 8.65. The van der Waals surface area contributed by atoms with Crippen LogP contribution in [0.25, 0.3) is 0 Å². The summed E-state index contributed by atoms with van der Waals surface area (Å²) in [6.45, 7) is 11.6. The molecule has 3 fully saturated rings. The van der Waals surface area contributed by atoms with Gasteiger partial charge in [0.15, 0.2) is 0 Å². The second kappa shape index (κ2) is 8.08. The smallest absolute Gasteiger partial charge is 0.220 e. The largest absolute Gasteiger partial charge is 0.353 e. The minimum absolute atomic E-state index is 0.0522. The number of Topliss-reactive ketones (excluding diaryl/α,β-unsaturated/α-hetero) is 2. The lowest BCUT2D eigenvalue weighted by Crippen LogP contribution is -2.56. The summed E-state index contributed by atoms with van der Waals surface area (Å²) in [5, 5.41) is 6.16. The lowest BCUT2D eigenvalue weighted by Gasteiger charge is -2.51. The van der Waals surface area contributed by atoms with E-state index >= 15 is 0 Å². The molecule has 3 rings (SSSR count). The van der Waals surface area contributed by atoms with Crippen molar-refractivity contribution in [2.24, 2.45) is 34.5 Å². The molecular weight excluding hydrogens is 380 g/mol. The van der Waals surface area contributed by atoms with Gasteiger partial charge in [-0.15, -0.1) is 0 Å². The first-order chi connectivity index (χ1) is 13.8. The van der Waals surface area contributed by atoms with Crippen molar-refractivity contribution in [2.75, 3.05) is 0 Å². The highest BCUT2D eigenvalue weighted by atomic mass is 16.2. The van der Waals surface area contributed by atoms with Crippen LogP contribution in [0.4, 0.5) is 0 Å². The molecule has 0 radical (unpaired) electrons. The molecule has 0 aromatic rings. The molecule has 0 unspecified atom stereocenters. The van der Waals surface area contributed by atoms with Crippen molar-refractivity contribution in [1.82, 2.24) is 10.6 Å². The van der Waals surface area contributed by atoms with Crippen LogP contribution in [0.1, 0.15) is 80.1 Å². The average molecular weight is 419 g/mol. The second-order valence-corrected chi connectivity index (χ2v) is 11.2. The zero-order chi connectivity index (χ0) is 22.4. The maximum absolute atomic E-state index is 12.4. The molecule has 6 heteroatoms. The van der Waals surface area contributed by atoms with Crippen LogP contribution in [0.5, 0.6) is 0 Å². The Bertz CT molecular complexity index is 675. The monoisotopic (exact) mass is 418 g/mol. The number of ketones is 2. The molecule has 30 heavy (non-hydrogen) atoms. The standard InChI is InChI=1S/C24H38N2O4/c1-13(27)19-7-15(23(19,3)4)9-21(29)25-17-11-18(12-17)26-22(30)10-16-8-20(14(2)28)24(16,5)6/h15-20H,7-12H2,1-6H3,(H,25,29)(H,26,30)/t15-,16-,17?,18?,19+,20+/m1/s1. The molecule has 6 nitrogen and oxygen atoms in total. The highest BCUT2D eigenvalue weighted by Gasteiger charge is 2.51. The highest BCUT2D eigenvalue weighted by molar-refractivity contribution is 5.82. The van der Waals surface area contributed by atoms with E-state index in [1.807, 2.05) is 0 Å². The first-order valence-electron chi connectivity index (χ1n) is 11.4. The van der Waals surface area contributed by atoms with Gasteiger partial charge in [0.25, 0.3) is 0 Å². The van der Waals surface area contributed by atoms with Gasteiger partial charge in [0, 0.05) is 36.8 Å². The summed E-state index contributed by atoms with van der Waals surface area (Å²) < 4.78 is 0. The Kier molecular flexibility index (Phi) is 6.18. The summed E-state index contributed by atoms with van der Waals surface area (Å²) in [5.41, 5.74) is -0.202. The van der Waals surface area contributed by atoms with E-state index in [1.165, 1.54) is 0 Å². The van der Waals surface area contributed by atoms with Gasteiger partial charge >= 0.3 is 0 Å². The molecule has 0 aromatic heterocycles. The van der Waals surface area contributed by atoms with Gasteiger partial charge in [0.1, 0.15) is 11.6 Å². The Morgan fingerprint density at radius 2 is 1.00 bits per heavy atom. The molecule has 3 aliphatic carbocycles. The Hall–Kier alpha value is -1.72. The molecule has 0 heterocycles. The molecule has 4 atom stereocenters. The van der Waals surface area contributed by atoms with Crippen LogP contribution in [-0.2, 0) is 19.2 Å². The molecule has 0 spiro atoms. The van der Waals surface area contributed by atoms with Gasteiger partial charge in [-0.25, -0.2) is 0 Å². The lowest BCUT2D eigenvalue weighted by atomic mass is 9.52. The molecule has 2 amide bonds. The summed E-state index contributed by atoms with van der Waals surface area (Å²) in [7, 11) is 0. The molecule has 0 bridgehead atoms. The molecule has 0 aliphatic heterocycles. The van der Waals surface area contributed by atoms with Crippen molar-refractivity contribution >= 4 is 23.4 Å². The van der Waals surface area contributed by atoms with E-state index in [0.717, 1.165) is 25.7 Å². The summed E-state index contributed by atoms with van der Waals surface area (Å²) >= 11 is 0. The first kappa shape index (κ1) is 23.0. The number of hydrogen-bond donors (Lipinski definition) is 2. The Morgan fingerprint density at radius 3 is 1.27 bits per heavy atom. The quantitative estimate of drug-likeness (QED) is 0.634. The zero-order valence-electron chi connectivity index (χ0n) is 19.3. The van der Waals surface area contributed by atoms with Crippen LogP contribution < -0.4 is 10.6 Å². The van der Waals surface area contributed by atoms with Crippen LogP contribution in [-0.4, -0.2) is 35.5 Å². The molecule has 168 valence electrons. The Labute approximate surface area is 180 Å². The van der Waals surface area contributed by atoms with Crippen LogP contribution >= 0.6 is 0 Å². The summed E-state index contributed by atoms with van der Waals surface area (Å²) in [6, 6.07) is 0.244. The van der Waals surface area contributed by atoms with Crippen molar-refractivity contribution in [3.8, 4) is 0 Å². The van der Waals surface area contributed by atoms with Crippen LogP contribution in [0.15, 0.2) is 0 Å². The van der Waals surface area contributed by atoms with Gasteiger partial charge < -0.3 is 10.6 Å². The fourth-order valence-electron chi connectivity index (χ4n) is 5.98. The molecular formula is C24H38N2O4. The molecule has 2 N–H and O–H groups in total. The van der Waals surface area contributed by atoms with Crippen molar-refractivity contribution in [3.63, 3.8) is 0 Å². The van der Waals surface area contributed by atoms with Crippen molar-refractivity contribution < 1.29 is 19.2 Å². The summed E-state index contributed by atoms with van der Waals surface area (Å²) in [6.07, 6.45) is 4.09. The van der Waals surface area contributed by atoms with E-state index in [-0.39, 0.29) is 70.0 Å².